The first-order chi connectivity index (χ1) is 10.7. The summed E-state index contributed by atoms with van der Waals surface area (Å²) in [6.07, 6.45) is -1.37. The highest BCUT2D eigenvalue weighted by Crippen LogP contribution is 2.30. The lowest BCUT2D eigenvalue weighted by molar-refractivity contribution is -0.153. The second kappa shape index (κ2) is 5.99. The Morgan fingerprint density at radius 3 is 2.73 bits per heavy atom. The first kappa shape index (κ1) is 14.3. The van der Waals surface area contributed by atoms with E-state index in [4.69, 9.17) is 9.15 Å². The highest BCUT2D eigenvalue weighted by Gasteiger charge is 2.23. The van der Waals surface area contributed by atoms with E-state index in [9.17, 15) is 9.90 Å². The lowest BCUT2D eigenvalue weighted by Gasteiger charge is -2.12. The molecule has 3 aromatic rings. The smallest absolute Gasteiger partial charge is 0.339 e. The molecule has 5 nitrogen and oxygen atoms in total. The number of hydrogen-bond donors (Lipinski definition) is 1. The fraction of sp³-hybridized carbons (Fsp3) is 0.176. The van der Waals surface area contributed by atoms with Crippen LogP contribution in [0, 0.1) is 0 Å². The van der Waals surface area contributed by atoms with Crippen LogP contribution in [0.25, 0.3) is 22.6 Å². The van der Waals surface area contributed by atoms with Gasteiger partial charge in [-0.05, 0) is 25.1 Å². The van der Waals surface area contributed by atoms with Crippen molar-refractivity contribution in [2.45, 2.75) is 13.0 Å². The van der Waals surface area contributed by atoms with Gasteiger partial charge in [0.2, 0.25) is 5.89 Å². The van der Waals surface area contributed by atoms with Gasteiger partial charge in [-0.1, -0.05) is 30.3 Å². The van der Waals surface area contributed by atoms with E-state index in [0.29, 0.717) is 22.6 Å². The third-order valence-corrected chi connectivity index (χ3v) is 3.29. The first-order valence-corrected chi connectivity index (χ1v) is 7.00. The Hall–Kier alpha value is -2.66. The third-order valence-electron chi connectivity index (χ3n) is 3.29. The number of rotatable bonds is 4. The predicted octanol–water partition coefficient (Wildman–Crippen LogP) is 3.09. The summed E-state index contributed by atoms with van der Waals surface area (Å²) in [6, 6.07) is 14.3. The summed E-state index contributed by atoms with van der Waals surface area (Å²) in [5, 5.41) is 10.2. The van der Waals surface area contributed by atoms with Gasteiger partial charge in [0.15, 0.2) is 11.7 Å². The van der Waals surface area contributed by atoms with Crippen molar-refractivity contribution >= 4 is 17.1 Å². The number of aromatic nitrogens is 1. The number of aliphatic hydroxyl groups is 1. The summed E-state index contributed by atoms with van der Waals surface area (Å²) in [5.41, 5.74) is 2.35. The molecule has 1 aromatic heterocycles. The van der Waals surface area contributed by atoms with Gasteiger partial charge in [-0.3, -0.25) is 0 Å². The molecule has 2 aromatic carbocycles. The van der Waals surface area contributed by atoms with E-state index < -0.39 is 12.1 Å². The van der Waals surface area contributed by atoms with Crippen LogP contribution < -0.4 is 0 Å². The first-order valence-electron chi connectivity index (χ1n) is 7.00. The maximum Gasteiger partial charge on any atom is 0.339 e. The van der Waals surface area contributed by atoms with Crippen molar-refractivity contribution in [1.29, 1.82) is 0 Å². The number of hydrogen-bond acceptors (Lipinski definition) is 5. The topological polar surface area (TPSA) is 72.6 Å². The molecule has 1 N–H and O–H groups in total. The fourth-order valence-electron chi connectivity index (χ4n) is 2.27. The number of carbonyl (C=O) groups excluding carboxylic acids is 1. The summed E-state index contributed by atoms with van der Waals surface area (Å²) < 4.78 is 10.6. The molecule has 0 amide bonds. The number of ether oxygens (including phenoxy) is 1. The lowest BCUT2D eigenvalue weighted by Crippen LogP contribution is -2.16. The number of fused-ring (bicyclic) bond motifs is 1. The number of para-hydroxylation sites is 2. The highest BCUT2D eigenvalue weighted by atomic mass is 16.5. The zero-order valence-corrected chi connectivity index (χ0v) is 12.0. The molecule has 1 atom stereocenters. The Kier molecular flexibility index (Phi) is 3.89. The minimum Gasteiger partial charge on any atom is -0.464 e. The van der Waals surface area contributed by atoms with Crippen LogP contribution in [0.5, 0.6) is 0 Å². The van der Waals surface area contributed by atoms with Crippen LogP contribution in [-0.4, -0.2) is 22.7 Å². The van der Waals surface area contributed by atoms with Crippen LogP contribution in [-0.2, 0) is 9.53 Å². The molecule has 0 fully saturated rings. The second-order valence-electron chi connectivity index (χ2n) is 4.73. The van der Waals surface area contributed by atoms with E-state index in [1.807, 2.05) is 24.3 Å². The molecule has 112 valence electrons. The SMILES string of the molecule is CCOC(=O)C(O)c1ccccc1-c1nc2ccccc2o1. The summed E-state index contributed by atoms with van der Waals surface area (Å²) >= 11 is 0. The summed E-state index contributed by atoms with van der Waals surface area (Å²) in [6.45, 7) is 1.90. The Morgan fingerprint density at radius 1 is 1.23 bits per heavy atom. The van der Waals surface area contributed by atoms with Gasteiger partial charge < -0.3 is 14.3 Å². The maximum absolute atomic E-state index is 11.8. The number of oxazole rings is 1. The van der Waals surface area contributed by atoms with E-state index in [0.717, 1.165) is 5.52 Å². The minimum atomic E-state index is -1.37. The van der Waals surface area contributed by atoms with Crippen LogP contribution in [0.2, 0.25) is 0 Å². The quantitative estimate of drug-likeness (QED) is 0.749. The summed E-state index contributed by atoms with van der Waals surface area (Å²) in [7, 11) is 0. The second-order valence-corrected chi connectivity index (χ2v) is 4.73. The van der Waals surface area contributed by atoms with Crippen LogP contribution in [0.15, 0.2) is 52.9 Å². The lowest BCUT2D eigenvalue weighted by atomic mass is 10.0. The number of esters is 1. The van der Waals surface area contributed by atoms with Crippen molar-refractivity contribution < 1.29 is 19.1 Å². The van der Waals surface area contributed by atoms with Crippen molar-refractivity contribution in [3.63, 3.8) is 0 Å². The molecule has 1 unspecified atom stereocenters. The third kappa shape index (κ3) is 2.58. The molecule has 0 saturated heterocycles. The molecule has 1 heterocycles. The van der Waals surface area contributed by atoms with Crippen molar-refractivity contribution in [3.8, 4) is 11.5 Å². The van der Waals surface area contributed by atoms with Crippen molar-refractivity contribution in [3.05, 3.63) is 54.1 Å². The largest absolute Gasteiger partial charge is 0.464 e. The number of carbonyl (C=O) groups is 1. The van der Waals surface area contributed by atoms with Crippen LogP contribution in [0.1, 0.15) is 18.6 Å². The zero-order chi connectivity index (χ0) is 15.5. The van der Waals surface area contributed by atoms with Crippen molar-refractivity contribution in [2.75, 3.05) is 6.61 Å². The Bertz CT molecular complexity index is 776. The number of benzene rings is 2. The normalized spacial score (nSPS) is 12.3. The van der Waals surface area contributed by atoms with E-state index in [2.05, 4.69) is 4.98 Å². The molecule has 0 spiro atoms. The average molecular weight is 297 g/mol. The monoisotopic (exact) mass is 297 g/mol. The Morgan fingerprint density at radius 2 is 1.95 bits per heavy atom. The van der Waals surface area contributed by atoms with Crippen molar-refractivity contribution in [1.82, 2.24) is 4.98 Å². The maximum atomic E-state index is 11.8. The van der Waals surface area contributed by atoms with Gasteiger partial charge in [-0.2, -0.15) is 0 Å². The van der Waals surface area contributed by atoms with Crippen LogP contribution in [0.4, 0.5) is 0 Å². The Labute approximate surface area is 127 Å². The number of nitrogens with zero attached hydrogens (tertiary/aromatic N) is 1. The van der Waals surface area contributed by atoms with Crippen LogP contribution in [0.3, 0.4) is 0 Å². The standard InChI is InChI=1S/C17H15NO4/c1-2-21-17(20)15(19)11-7-3-4-8-12(11)16-18-13-9-5-6-10-14(13)22-16/h3-10,15,19H,2H2,1H3. The molecular formula is C17H15NO4. The van der Waals surface area contributed by atoms with E-state index in [-0.39, 0.29) is 6.61 Å². The minimum absolute atomic E-state index is 0.209. The molecule has 3 rings (SSSR count). The molecule has 0 aliphatic rings. The van der Waals surface area contributed by atoms with Gasteiger partial charge in [0, 0.05) is 11.1 Å². The van der Waals surface area contributed by atoms with Gasteiger partial charge in [0.05, 0.1) is 6.61 Å². The summed E-state index contributed by atoms with van der Waals surface area (Å²) in [4.78, 5) is 16.2. The van der Waals surface area contributed by atoms with E-state index >= 15 is 0 Å². The van der Waals surface area contributed by atoms with E-state index in [1.54, 1.807) is 31.2 Å². The van der Waals surface area contributed by atoms with Gasteiger partial charge in [0.1, 0.15) is 5.52 Å². The van der Waals surface area contributed by atoms with Gasteiger partial charge in [-0.15, -0.1) is 0 Å². The molecule has 0 saturated carbocycles. The van der Waals surface area contributed by atoms with Gasteiger partial charge in [0.25, 0.3) is 0 Å². The van der Waals surface area contributed by atoms with Crippen LogP contribution >= 0.6 is 0 Å². The fourth-order valence-corrected chi connectivity index (χ4v) is 2.27. The molecule has 0 aliphatic carbocycles. The molecule has 22 heavy (non-hydrogen) atoms. The highest BCUT2D eigenvalue weighted by molar-refractivity contribution is 5.81. The van der Waals surface area contributed by atoms with E-state index in [1.165, 1.54) is 0 Å². The average Bonchev–Trinajstić information content (AvgIpc) is 2.98. The Balaban J connectivity index is 2.05. The summed E-state index contributed by atoms with van der Waals surface area (Å²) in [5.74, 6) is -0.328. The predicted molar refractivity (Wildman–Crippen MR) is 81.0 cm³/mol. The molecular weight excluding hydrogens is 282 g/mol. The number of aliphatic hydroxyl groups excluding tert-OH is 1. The molecule has 0 bridgehead atoms. The van der Waals surface area contributed by atoms with Gasteiger partial charge in [-0.25, -0.2) is 9.78 Å². The molecule has 5 heteroatoms. The zero-order valence-electron chi connectivity index (χ0n) is 12.0. The molecule has 0 radical (unpaired) electrons. The van der Waals surface area contributed by atoms with Crippen molar-refractivity contribution in [2.24, 2.45) is 0 Å². The van der Waals surface area contributed by atoms with Gasteiger partial charge >= 0.3 is 5.97 Å². The molecule has 0 aliphatic heterocycles.